The number of furan rings is 1. The number of hydrogen-bond donors (Lipinski definition) is 1. The van der Waals surface area contributed by atoms with Crippen molar-refractivity contribution in [2.45, 2.75) is 27.1 Å². The average molecular weight is 506 g/mol. The van der Waals surface area contributed by atoms with E-state index in [2.05, 4.69) is 5.32 Å². The lowest BCUT2D eigenvalue weighted by atomic mass is 10.2. The highest BCUT2D eigenvalue weighted by Crippen LogP contribution is 2.29. The number of nitrogens with one attached hydrogen (secondary N) is 1. The molecule has 4 aromatic rings. The molecule has 0 aliphatic heterocycles. The van der Waals surface area contributed by atoms with E-state index in [1.807, 2.05) is 32.0 Å². The Balaban J connectivity index is 1.28. The molecule has 3 aromatic carbocycles. The van der Waals surface area contributed by atoms with Crippen LogP contribution in [0.1, 0.15) is 35.7 Å². The van der Waals surface area contributed by atoms with Crippen LogP contribution in [0.2, 0.25) is 0 Å². The molecular formula is C29H28FNO6. The average Bonchev–Trinajstić information content (AvgIpc) is 3.39. The summed E-state index contributed by atoms with van der Waals surface area (Å²) in [6, 6.07) is 21.7. The summed E-state index contributed by atoms with van der Waals surface area (Å²) >= 11 is 0. The zero-order valence-corrected chi connectivity index (χ0v) is 20.7. The van der Waals surface area contributed by atoms with Gasteiger partial charge in [-0.05, 0) is 92.2 Å². The summed E-state index contributed by atoms with van der Waals surface area (Å²) < 4.78 is 41.2. The Hall–Kier alpha value is -4.46. The van der Waals surface area contributed by atoms with Crippen molar-refractivity contribution in [3.05, 3.63) is 102 Å². The molecule has 0 atom stereocenters. The second-order valence-corrected chi connectivity index (χ2v) is 7.92. The van der Waals surface area contributed by atoms with Gasteiger partial charge in [0.25, 0.3) is 5.91 Å². The van der Waals surface area contributed by atoms with E-state index in [1.165, 1.54) is 24.3 Å². The third-order valence-electron chi connectivity index (χ3n) is 5.21. The lowest BCUT2D eigenvalue weighted by Gasteiger charge is -2.13. The summed E-state index contributed by atoms with van der Waals surface area (Å²) in [5.74, 6) is 2.45. The van der Waals surface area contributed by atoms with Gasteiger partial charge in [-0.25, -0.2) is 4.39 Å². The summed E-state index contributed by atoms with van der Waals surface area (Å²) in [7, 11) is 0. The molecule has 0 fully saturated rings. The zero-order valence-electron chi connectivity index (χ0n) is 20.7. The molecule has 37 heavy (non-hydrogen) atoms. The first-order valence-corrected chi connectivity index (χ1v) is 11.9. The fourth-order valence-electron chi connectivity index (χ4n) is 3.44. The van der Waals surface area contributed by atoms with Crippen LogP contribution in [0.15, 0.2) is 83.3 Å². The molecule has 0 aliphatic rings. The second-order valence-electron chi connectivity index (χ2n) is 7.92. The van der Waals surface area contributed by atoms with E-state index < -0.39 is 0 Å². The predicted octanol–water partition coefficient (Wildman–Crippen LogP) is 6.63. The fraction of sp³-hybridized carbons (Fsp3) is 0.207. The molecule has 1 aromatic heterocycles. The number of amides is 1. The van der Waals surface area contributed by atoms with Gasteiger partial charge >= 0.3 is 0 Å². The summed E-state index contributed by atoms with van der Waals surface area (Å²) in [5.41, 5.74) is 1.54. The van der Waals surface area contributed by atoms with Gasteiger partial charge in [-0.3, -0.25) is 4.79 Å². The first-order chi connectivity index (χ1) is 18.0. The molecule has 1 heterocycles. The van der Waals surface area contributed by atoms with E-state index in [9.17, 15) is 9.18 Å². The number of carbonyl (C=O) groups excluding carboxylic acids is 1. The van der Waals surface area contributed by atoms with Crippen molar-refractivity contribution in [3.8, 4) is 23.0 Å². The molecule has 0 radical (unpaired) electrons. The van der Waals surface area contributed by atoms with Gasteiger partial charge in [0, 0.05) is 5.69 Å². The van der Waals surface area contributed by atoms with E-state index in [4.69, 9.17) is 23.4 Å². The number of ether oxygens (including phenoxy) is 4. The molecule has 0 unspecified atom stereocenters. The van der Waals surface area contributed by atoms with Gasteiger partial charge in [0.1, 0.15) is 36.3 Å². The highest BCUT2D eigenvalue weighted by atomic mass is 19.1. The minimum absolute atomic E-state index is 0.116. The van der Waals surface area contributed by atoms with Crippen molar-refractivity contribution in [3.63, 3.8) is 0 Å². The van der Waals surface area contributed by atoms with Gasteiger partial charge < -0.3 is 28.7 Å². The second kappa shape index (κ2) is 12.5. The fourth-order valence-corrected chi connectivity index (χ4v) is 3.44. The monoisotopic (exact) mass is 505 g/mol. The largest absolute Gasteiger partial charge is 0.490 e. The van der Waals surface area contributed by atoms with Crippen LogP contribution in [-0.4, -0.2) is 19.1 Å². The van der Waals surface area contributed by atoms with Gasteiger partial charge in [0.15, 0.2) is 17.3 Å². The maximum Gasteiger partial charge on any atom is 0.291 e. The molecular weight excluding hydrogens is 477 g/mol. The van der Waals surface area contributed by atoms with E-state index in [0.29, 0.717) is 54.3 Å². The maximum atomic E-state index is 13.0. The van der Waals surface area contributed by atoms with Crippen LogP contribution in [0, 0.1) is 5.82 Å². The van der Waals surface area contributed by atoms with E-state index in [0.717, 1.165) is 5.56 Å². The third-order valence-corrected chi connectivity index (χ3v) is 5.21. The molecule has 0 saturated heterocycles. The quantitative estimate of drug-likeness (QED) is 0.233. The first kappa shape index (κ1) is 25.6. The molecule has 192 valence electrons. The number of anilines is 1. The number of hydrogen-bond acceptors (Lipinski definition) is 6. The predicted molar refractivity (Wildman–Crippen MR) is 137 cm³/mol. The van der Waals surface area contributed by atoms with Crippen LogP contribution in [0.4, 0.5) is 10.1 Å². The summed E-state index contributed by atoms with van der Waals surface area (Å²) in [6.07, 6.45) is 0. The van der Waals surface area contributed by atoms with Gasteiger partial charge in [0.05, 0.1) is 13.2 Å². The lowest BCUT2D eigenvalue weighted by molar-refractivity contribution is 0.0992. The van der Waals surface area contributed by atoms with Crippen molar-refractivity contribution in [1.82, 2.24) is 0 Å². The Morgan fingerprint density at radius 2 is 1.41 bits per heavy atom. The van der Waals surface area contributed by atoms with Crippen LogP contribution < -0.4 is 24.3 Å². The van der Waals surface area contributed by atoms with Crippen molar-refractivity contribution in [2.24, 2.45) is 0 Å². The van der Waals surface area contributed by atoms with Crippen LogP contribution >= 0.6 is 0 Å². The minimum Gasteiger partial charge on any atom is -0.490 e. The van der Waals surface area contributed by atoms with Gasteiger partial charge in [-0.15, -0.1) is 0 Å². The standard InChI is InChI=1S/C29H28FNO6/c1-3-33-26-15-5-20(17-28(26)34-4-2)18-35-24-12-8-22(9-13-24)31-29(32)27-16-14-25(37-27)19-36-23-10-6-21(30)7-11-23/h5-17H,3-4,18-19H2,1-2H3,(H,31,32). The zero-order chi connectivity index (χ0) is 26.0. The van der Waals surface area contributed by atoms with Gasteiger partial charge in [-0.2, -0.15) is 0 Å². The molecule has 0 aliphatic carbocycles. The Morgan fingerprint density at radius 1 is 0.757 bits per heavy atom. The molecule has 1 amide bonds. The highest BCUT2D eigenvalue weighted by Gasteiger charge is 2.12. The van der Waals surface area contributed by atoms with E-state index in [1.54, 1.807) is 36.4 Å². The Bertz CT molecular complexity index is 1300. The van der Waals surface area contributed by atoms with Gasteiger partial charge in [0.2, 0.25) is 0 Å². The first-order valence-electron chi connectivity index (χ1n) is 11.9. The van der Waals surface area contributed by atoms with Crippen LogP contribution in [-0.2, 0) is 13.2 Å². The number of carbonyl (C=O) groups is 1. The molecule has 1 N–H and O–H groups in total. The SMILES string of the molecule is CCOc1ccc(COc2ccc(NC(=O)c3ccc(COc4ccc(F)cc4)o3)cc2)cc1OCC. The molecule has 0 spiro atoms. The maximum absolute atomic E-state index is 13.0. The number of halogens is 1. The molecule has 0 saturated carbocycles. The highest BCUT2D eigenvalue weighted by molar-refractivity contribution is 6.02. The van der Waals surface area contributed by atoms with Crippen molar-refractivity contribution < 1.29 is 32.5 Å². The van der Waals surface area contributed by atoms with Crippen LogP contribution in [0.3, 0.4) is 0 Å². The third kappa shape index (κ3) is 7.27. The molecule has 7 nitrogen and oxygen atoms in total. The van der Waals surface area contributed by atoms with E-state index in [-0.39, 0.29) is 24.1 Å². The smallest absolute Gasteiger partial charge is 0.291 e. The van der Waals surface area contributed by atoms with Crippen molar-refractivity contribution in [2.75, 3.05) is 18.5 Å². The van der Waals surface area contributed by atoms with Crippen LogP contribution in [0.5, 0.6) is 23.0 Å². The number of rotatable bonds is 12. The normalized spacial score (nSPS) is 10.6. The molecule has 8 heteroatoms. The minimum atomic E-state index is -0.389. The Kier molecular flexibility index (Phi) is 8.65. The summed E-state index contributed by atoms with van der Waals surface area (Å²) in [4.78, 5) is 12.6. The Labute approximate surface area is 214 Å². The van der Waals surface area contributed by atoms with Crippen LogP contribution in [0.25, 0.3) is 0 Å². The van der Waals surface area contributed by atoms with Crippen molar-refractivity contribution >= 4 is 11.6 Å². The van der Waals surface area contributed by atoms with E-state index >= 15 is 0 Å². The number of benzene rings is 3. The molecule has 4 rings (SSSR count). The van der Waals surface area contributed by atoms with Gasteiger partial charge in [-0.1, -0.05) is 6.07 Å². The summed E-state index contributed by atoms with van der Waals surface area (Å²) in [5, 5.41) is 2.79. The summed E-state index contributed by atoms with van der Waals surface area (Å²) in [6.45, 7) is 5.43. The van der Waals surface area contributed by atoms with Crippen molar-refractivity contribution in [1.29, 1.82) is 0 Å². The topological polar surface area (TPSA) is 79.2 Å². The Morgan fingerprint density at radius 3 is 2.11 bits per heavy atom. The molecule has 0 bridgehead atoms. The lowest BCUT2D eigenvalue weighted by Crippen LogP contribution is -2.10.